The molecule has 0 amide bonds. The van der Waals surface area contributed by atoms with E-state index in [1.54, 1.807) is 24.5 Å². The third-order valence-corrected chi connectivity index (χ3v) is 3.23. The number of aromatic nitrogens is 1. The Bertz CT molecular complexity index is 691. The fraction of sp³-hybridized carbons (Fsp3) is 0.125. The molecule has 100 valence electrons. The van der Waals surface area contributed by atoms with Crippen molar-refractivity contribution in [2.24, 2.45) is 4.99 Å². The van der Waals surface area contributed by atoms with Gasteiger partial charge in [0.2, 0.25) is 0 Å². The van der Waals surface area contributed by atoms with Gasteiger partial charge in [0, 0.05) is 36.1 Å². The Hall–Kier alpha value is -2.62. The van der Waals surface area contributed by atoms with Gasteiger partial charge in [-0.15, -0.1) is 0 Å². The minimum absolute atomic E-state index is 0.0530. The number of rotatable bonds is 2. The van der Waals surface area contributed by atoms with Crippen molar-refractivity contribution in [1.82, 2.24) is 4.98 Å². The van der Waals surface area contributed by atoms with Gasteiger partial charge >= 0.3 is 0 Å². The van der Waals surface area contributed by atoms with E-state index < -0.39 is 0 Å². The van der Waals surface area contributed by atoms with Crippen LogP contribution in [0.4, 0.5) is 0 Å². The van der Waals surface area contributed by atoms with Gasteiger partial charge in [0.05, 0.1) is 5.71 Å². The van der Waals surface area contributed by atoms with Crippen LogP contribution < -0.4 is 0 Å². The molecule has 0 fully saturated rings. The molecule has 1 aliphatic heterocycles. The molecule has 4 heteroatoms. The van der Waals surface area contributed by atoms with Gasteiger partial charge in [-0.3, -0.25) is 9.98 Å². The van der Waals surface area contributed by atoms with Crippen molar-refractivity contribution in [1.29, 1.82) is 0 Å². The van der Waals surface area contributed by atoms with E-state index in [1.807, 2.05) is 18.2 Å². The summed E-state index contributed by atoms with van der Waals surface area (Å²) in [5.74, 6) is 0.118. The summed E-state index contributed by atoms with van der Waals surface area (Å²) < 4.78 is 0. The average Bonchev–Trinajstić information content (AvgIpc) is 2.91. The molecular weight excluding hydrogens is 252 g/mol. The van der Waals surface area contributed by atoms with Crippen molar-refractivity contribution in [2.75, 3.05) is 6.54 Å². The SMILES string of the molecule is Oc1ccc(/C=C2\CCN=C2c2cccnc2)c(O)c1. The van der Waals surface area contributed by atoms with Gasteiger partial charge in [-0.25, -0.2) is 0 Å². The number of pyridine rings is 1. The second kappa shape index (κ2) is 5.17. The Balaban J connectivity index is 1.98. The van der Waals surface area contributed by atoms with Crippen LogP contribution in [-0.2, 0) is 0 Å². The topological polar surface area (TPSA) is 65.7 Å². The monoisotopic (exact) mass is 266 g/mol. The van der Waals surface area contributed by atoms with E-state index in [0.29, 0.717) is 5.56 Å². The Kier molecular flexibility index (Phi) is 3.21. The quantitative estimate of drug-likeness (QED) is 0.878. The van der Waals surface area contributed by atoms with Gasteiger partial charge < -0.3 is 10.2 Å². The lowest BCUT2D eigenvalue weighted by Gasteiger charge is -2.05. The molecule has 2 heterocycles. The molecule has 0 atom stereocenters. The molecule has 0 aliphatic carbocycles. The molecule has 1 aliphatic rings. The second-order valence-corrected chi connectivity index (χ2v) is 4.63. The molecular formula is C16H14N2O2. The fourth-order valence-corrected chi connectivity index (χ4v) is 2.27. The molecule has 2 N–H and O–H groups in total. The average molecular weight is 266 g/mol. The zero-order valence-corrected chi connectivity index (χ0v) is 10.8. The predicted octanol–water partition coefficient (Wildman–Crippen LogP) is 2.77. The summed E-state index contributed by atoms with van der Waals surface area (Å²) in [5, 5.41) is 19.2. The first-order valence-electron chi connectivity index (χ1n) is 6.42. The first-order chi connectivity index (χ1) is 9.74. The van der Waals surface area contributed by atoms with Crippen molar-refractivity contribution in [3.05, 3.63) is 59.4 Å². The molecule has 0 bridgehead atoms. The maximum absolute atomic E-state index is 9.85. The third-order valence-electron chi connectivity index (χ3n) is 3.23. The van der Waals surface area contributed by atoms with Crippen LogP contribution in [0.2, 0.25) is 0 Å². The Morgan fingerprint density at radius 2 is 2.05 bits per heavy atom. The standard InChI is InChI=1S/C16H14N2O2/c19-14-4-3-11(15(20)9-14)8-12-5-7-18-16(12)13-2-1-6-17-10-13/h1-4,6,8-10,19-20H,5,7H2/b12-8+. The predicted molar refractivity (Wildman–Crippen MR) is 78.0 cm³/mol. The van der Waals surface area contributed by atoms with Gasteiger partial charge in [-0.1, -0.05) is 0 Å². The Labute approximate surface area is 116 Å². The van der Waals surface area contributed by atoms with Crippen LogP contribution >= 0.6 is 0 Å². The van der Waals surface area contributed by atoms with E-state index in [0.717, 1.165) is 29.8 Å². The normalized spacial score (nSPS) is 16.4. The molecule has 3 rings (SSSR count). The molecule has 0 radical (unpaired) electrons. The summed E-state index contributed by atoms with van der Waals surface area (Å²) >= 11 is 0. The molecule has 0 saturated carbocycles. The van der Waals surface area contributed by atoms with Gasteiger partial charge in [0.15, 0.2) is 0 Å². The van der Waals surface area contributed by atoms with Gasteiger partial charge in [0.1, 0.15) is 11.5 Å². The molecule has 2 aromatic rings. The first kappa shape index (κ1) is 12.4. The second-order valence-electron chi connectivity index (χ2n) is 4.63. The van der Waals surface area contributed by atoms with E-state index in [2.05, 4.69) is 9.98 Å². The van der Waals surface area contributed by atoms with E-state index in [-0.39, 0.29) is 11.5 Å². The lowest BCUT2D eigenvalue weighted by molar-refractivity contribution is 0.450. The number of phenolic OH excluding ortho intramolecular Hbond substituents is 2. The van der Waals surface area contributed by atoms with E-state index in [4.69, 9.17) is 0 Å². The molecule has 1 aromatic carbocycles. The van der Waals surface area contributed by atoms with Crippen molar-refractivity contribution in [3.63, 3.8) is 0 Å². The summed E-state index contributed by atoms with van der Waals surface area (Å²) in [4.78, 5) is 8.62. The molecule has 4 nitrogen and oxygen atoms in total. The summed E-state index contributed by atoms with van der Waals surface area (Å²) in [7, 11) is 0. The number of aliphatic imine (C=N–C) groups is 1. The molecule has 0 saturated heterocycles. The number of phenols is 2. The van der Waals surface area contributed by atoms with Crippen LogP contribution in [0.15, 0.2) is 53.3 Å². The number of hydrogen-bond donors (Lipinski definition) is 2. The van der Waals surface area contributed by atoms with E-state index in [1.165, 1.54) is 6.07 Å². The highest BCUT2D eigenvalue weighted by atomic mass is 16.3. The van der Waals surface area contributed by atoms with Gasteiger partial charge in [0.25, 0.3) is 0 Å². The zero-order valence-electron chi connectivity index (χ0n) is 10.8. The largest absolute Gasteiger partial charge is 0.508 e. The number of aromatic hydroxyl groups is 2. The summed E-state index contributed by atoms with van der Waals surface area (Å²) in [6.07, 6.45) is 6.26. The highest BCUT2D eigenvalue weighted by molar-refractivity contribution is 6.16. The summed E-state index contributed by atoms with van der Waals surface area (Å²) in [5.41, 5.74) is 3.65. The molecule has 20 heavy (non-hydrogen) atoms. The van der Waals surface area contributed by atoms with Crippen LogP contribution in [0.25, 0.3) is 6.08 Å². The minimum Gasteiger partial charge on any atom is -0.508 e. The fourth-order valence-electron chi connectivity index (χ4n) is 2.27. The van der Waals surface area contributed by atoms with Crippen molar-refractivity contribution < 1.29 is 10.2 Å². The number of hydrogen-bond acceptors (Lipinski definition) is 4. The summed E-state index contributed by atoms with van der Waals surface area (Å²) in [6.45, 7) is 0.745. The smallest absolute Gasteiger partial charge is 0.126 e. The highest BCUT2D eigenvalue weighted by Crippen LogP contribution is 2.28. The Morgan fingerprint density at radius 1 is 1.15 bits per heavy atom. The van der Waals surface area contributed by atoms with Crippen LogP contribution in [0.5, 0.6) is 11.5 Å². The van der Waals surface area contributed by atoms with Crippen LogP contribution in [0, 0.1) is 0 Å². The van der Waals surface area contributed by atoms with Crippen LogP contribution in [0.1, 0.15) is 17.5 Å². The lowest BCUT2D eigenvalue weighted by Crippen LogP contribution is -2.00. The first-order valence-corrected chi connectivity index (χ1v) is 6.42. The van der Waals surface area contributed by atoms with E-state index >= 15 is 0 Å². The van der Waals surface area contributed by atoms with Gasteiger partial charge in [-0.05, 0) is 42.3 Å². The highest BCUT2D eigenvalue weighted by Gasteiger charge is 2.16. The molecule has 0 unspecified atom stereocenters. The molecule has 0 spiro atoms. The van der Waals surface area contributed by atoms with Crippen LogP contribution in [-0.4, -0.2) is 27.5 Å². The third kappa shape index (κ3) is 2.40. The minimum atomic E-state index is 0.0530. The number of benzene rings is 1. The number of nitrogens with zero attached hydrogens (tertiary/aromatic N) is 2. The van der Waals surface area contributed by atoms with Crippen molar-refractivity contribution >= 4 is 11.8 Å². The van der Waals surface area contributed by atoms with Crippen LogP contribution in [0.3, 0.4) is 0 Å². The van der Waals surface area contributed by atoms with E-state index in [9.17, 15) is 10.2 Å². The maximum Gasteiger partial charge on any atom is 0.126 e. The molecule has 1 aromatic heterocycles. The zero-order chi connectivity index (χ0) is 13.9. The maximum atomic E-state index is 9.85. The Morgan fingerprint density at radius 3 is 2.80 bits per heavy atom. The lowest BCUT2D eigenvalue weighted by atomic mass is 10.0. The van der Waals surface area contributed by atoms with Crippen molar-refractivity contribution in [2.45, 2.75) is 6.42 Å². The van der Waals surface area contributed by atoms with Crippen molar-refractivity contribution in [3.8, 4) is 11.5 Å². The summed E-state index contributed by atoms with van der Waals surface area (Å²) in [6, 6.07) is 8.44. The van der Waals surface area contributed by atoms with Gasteiger partial charge in [-0.2, -0.15) is 0 Å².